The van der Waals surface area contributed by atoms with Crippen LogP contribution in [0.1, 0.15) is 0 Å². The Balaban J connectivity index is 2.25. The van der Waals surface area contributed by atoms with Crippen LogP contribution in [0.2, 0.25) is 0 Å². The Bertz CT molecular complexity index is 745. The Morgan fingerprint density at radius 1 is 1.16 bits per heavy atom. The molecule has 96 valence electrons. The molecule has 5 nitrogen and oxygen atoms in total. The van der Waals surface area contributed by atoms with Gasteiger partial charge < -0.3 is 0 Å². The van der Waals surface area contributed by atoms with E-state index in [-0.39, 0.29) is 10.0 Å². The van der Waals surface area contributed by atoms with Crippen molar-refractivity contribution >= 4 is 38.7 Å². The standard InChI is InChI=1S/C12H9N3O2S2/c16-19(17)11-8-13-7-6-10(11)15(12(18)14-19)9-4-2-1-3-5-9/h1-8H,(H,14,18). The number of hydrogen-bond donors (Lipinski definition) is 1. The number of benzene rings is 1. The summed E-state index contributed by atoms with van der Waals surface area (Å²) < 4.78 is 26.3. The number of para-hydroxylation sites is 1. The monoisotopic (exact) mass is 291 g/mol. The van der Waals surface area contributed by atoms with Gasteiger partial charge in [-0.1, -0.05) is 18.2 Å². The summed E-state index contributed by atoms with van der Waals surface area (Å²) >= 11 is 5.15. The number of pyridine rings is 1. The number of rotatable bonds is 1. The molecule has 3 rings (SSSR count). The van der Waals surface area contributed by atoms with E-state index in [4.69, 9.17) is 12.2 Å². The molecule has 2 heterocycles. The summed E-state index contributed by atoms with van der Waals surface area (Å²) in [5, 5.41) is 0.130. The second-order valence-electron chi connectivity index (χ2n) is 3.93. The maximum atomic E-state index is 12.0. The molecule has 0 amide bonds. The van der Waals surface area contributed by atoms with Gasteiger partial charge in [-0.3, -0.25) is 14.6 Å². The predicted octanol–water partition coefficient (Wildman–Crippen LogP) is 1.80. The van der Waals surface area contributed by atoms with Crippen molar-refractivity contribution in [3.8, 4) is 0 Å². The van der Waals surface area contributed by atoms with E-state index in [1.807, 2.05) is 30.3 Å². The lowest BCUT2D eigenvalue weighted by molar-refractivity contribution is 0.591. The topological polar surface area (TPSA) is 62.3 Å². The first kappa shape index (κ1) is 12.1. The van der Waals surface area contributed by atoms with Crippen molar-refractivity contribution in [1.82, 2.24) is 9.71 Å². The molecule has 0 radical (unpaired) electrons. The summed E-state index contributed by atoms with van der Waals surface area (Å²) in [5.74, 6) is 0. The SMILES string of the molecule is O=S1(=O)NC(=S)N(c2ccccc2)c2ccncc21. The minimum absolute atomic E-state index is 0.118. The van der Waals surface area contributed by atoms with Crippen LogP contribution in [-0.4, -0.2) is 18.5 Å². The molecule has 2 aromatic rings. The van der Waals surface area contributed by atoms with Crippen molar-refractivity contribution in [2.75, 3.05) is 4.90 Å². The smallest absolute Gasteiger partial charge is 0.267 e. The van der Waals surface area contributed by atoms with Gasteiger partial charge in [0.1, 0.15) is 4.90 Å². The highest BCUT2D eigenvalue weighted by Gasteiger charge is 2.32. The van der Waals surface area contributed by atoms with Crippen molar-refractivity contribution in [3.05, 3.63) is 48.8 Å². The highest BCUT2D eigenvalue weighted by molar-refractivity contribution is 7.92. The van der Waals surface area contributed by atoms with Gasteiger partial charge in [-0.25, -0.2) is 8.42 Å². The first-order valence-corrected chi connectivity index (χ1v) is 7.35. The van der Waals surface area contributed by atoms with Gasteiger partial charge in [-0.05, 0) is 30.4 Å². The van der Waals surface area contributed by atoms with Crippen LogP contribution < -0.4 is 9.62 Å². The molecule has 7 heteroatoms. The molecule has 0 saturated heterocycles. The molecule has 1 aliphatic heterocycles. The van der Waals surface area contributed by atoms with Crippen LogP contribution in [0.3, 0.4) is 0 Å². The second-order valence-corrected chi connectivity index (χ2v) is 5.96. The minimum atomic E-state index is -3.63. The second kappa shape index (κ2) is 4.29. The van der Waals surface area contributed by atoms with E-state index in [0.717, 1.165) is 5.69 Å². The van der Waals surface area contributed by atoms with E-state index >= 15 is 0 Å². The molecule has 1 aliphatic rings. The van der Waals surface area contributed by atoms with Crippen LogP contribution in [0, 0.1) is 0 Å². The average molecular weight is 291 g/mol. The molecule has 0 bridgehead atoms. The van der Waals surface area contributed by atoms with E-state index in [1.165, 1.54) is 12.4 Å². The summed E-state index contributed by atoms with van der Waals surface area (Å²) in [5.41, 5.74) is 1.30. The quantitative estimate of drug-likeness (QED) is 0.812. The molecular formula is C12H9N3O2S2. The zero-order chi connectivity index (χ0) is 13.5. The third-order valence-electron chi connectivity index (χ3n) is 2.73. The number of sulfonamides is 1. The predicted molar refractivity (Wildman–Crippen MR) is 75.7 cm³/mol. The number of anilines is 2. The Morgan fingerprint density at radius 3 is 2.63 bits per heavy atom. The Labute approximate surface area is 115 Å². The van der Waals surface area contributed by atoms with Gasteiger partial charge in [0.25, 0.3) is 10.0 Å². The van der Waals surface area contributed by atoms with E-state index < -0.39 is 10.0 Å². The first-order valence-electron chi connectivity index (χ1n) is 5.45. The lowest BCUT2D eigenvalue weighted by Crippen LogP contribution is -2.45. The lowest BCUT2D eigenvalue weighted by atomic mass is 10.2. The molecule has 0 spiro atoms. The molecule has 0 saturated carbocycles. The van der Waals surface area contributed by atoms with Gasteiger partial charge in [0.15, 0.2) is 5.11 Å². The van der Waals surface area contributed by atoms with Crippen molar-refractivity contribution in [1.29, 1.82) is 0 Å². The number of fused-ring (bicyclic) bond motifs is 1. The van der Waals surface area contributed by atoms with Gasteiger partial charge in [-0.15, -0.1) is 0 Å². The molecule has 0 aliphatic carbocycles. The van der Waals surface area contributed by atoms with E-state index in [2.05, 4.69) is 9.71 Å². The Hall–Kier alpha value is -1.99. The lowest BCUT2D eigenvalue weighted by Gasteiger charge is -2.31. The van der Waals surface area contributed by atoms with E-state index in [9.17, 15) is 8.42 Å². The highest BCUT2D eigenvalue weighted by Crippen LogP contribution is 2.33. The molecule has 0 unspecified atom stereocenters. The van der Waals surface area contributed by atoms with Crippen LogP contribution in [0.25, 0.3) is 0 Å². The summed E-state index contributed by atoms with van der Waals surface area (Å²) in [6.07, 6.45) is 2.85. The van der Waals surface area contributed by atoms with Crippen LogP contribution in [0.5, 0.6) is 0 Å². The van der Waals surface area contributed by atoms with Crippen LogP contribution >= 0.6 is 12.2 Å². The fourth-order valence-corrected chi connectivity index (χ4v) is 3.52. The number of hydrogen-bond acceptors (Lipinski definition) is 4. The number of nitrogens with one attached hydrogen (secondary N) is 1. The third kappa shape index (κ3) is 1.96. The average Bonchev–Trinajstić information content (AvgIpc) is 2.39. The Morgan fingerprint density at radius 2 is 1.89 bits per heavy atom. The van der Waals surface area contributed by atoms with Crippen LogP contribution in [0.15, 0.2) is 53.7 Å². The van der Waals surface area contributed by atoms with Crippen molar-refractivity contribution in [2.45, 2.75) is 4.90 Å². The Kier molecular flexibility index (Phi) is 2.72. The molecule has 1 aromatic carbocycles. The van der Waals surface area contributed by atoms with Crippen molar-refractivity contribution in [2.24, 2.45) is 0 Å². The van der Waals surface area contributed by atoms with E-state index in [0.29, 0.717) is 5.69 Å². The van der Waals surface area contributed by atoms with Crippen LogP contribution in [-0.2, 0) is 10.0 Å². The van der Waals surface area contributed by atoms with Gasteiger partial charge >= 0.3 is 0 Å². The summed E-state index contributed by atoms with van der Waals surface area (Å²) in [4.78, 5) is 5.65. The van der Waals surface area contributed by atoms with Crippen LogP contribution in [0.4, 0.5) is 11.4 Å². The zero-order valence-corrected chi connectivity index (χ0v) is 11.3. The highest BCUT2D eigenvalue weighted by atomic mass is 32.2. The molecule has 0 fully saturated rings. The van der Waals surface area contributed by atoms with E-state index in [1.54, 1.807) is 11.0 Å². The fraction of sp³-hybridized carbons (Fsp3) is 0. The van der Waals surface area contributed by atoms with Crippen molar-refractivity contribution in [3.63, 3.8) is 0 Å². The summed E-state index contributed by atoms with van der Waals surface area (Å²) in [7, 11) is -3.63. The summed E-state index contributed by atoms with van der Waals surface area (Å²) in [6, 6.07) is 11.0. The van der Waals surface area contributed by atoms with Gasteiger partial charge in [0.2, 0.25) is 0 Å². The maximum absolute atomic E-state index is 12.0. The molecular weight excluding hydrogens is 282 g/mol. The van der Waals surface area contributed by atoms with Gasteiger partial charge in [0.05, 0.1) is 5.69 Å². The third-order valence-corrected chi connectivity index (χ3v) is 4.50. The summed E-state index contributed by atoms with van der Waals surface area (Å²) in [6.45, 7) is 0. The van der Waals surface area contributed by atoms with Gasteiger partial charge in [-0.2, -0.15) is 0 Å². The normalized spacial score (nSPS) is 16.6. The largest absolute Gasteiger partial charge is 0.285 e. The number of aromatic nitrogens is 1. The number of thiocarbonyl (C=S) groups is 1. The first-order chi connectivity index (χ1) is 9.09. The molecule has 0 atom stereocenters. The molecule has 1 aromatic heterocycles. The molecule has 19 heavy (non-hydrogen) atoms. The minimum Gasteiger partial charge on any atom is -0.285 e. The maximum Gasteiger partial charge on any atom is 0.267 e. The van der Waals surface area contributed by atoms with Gasteiger partial charge in [0, 0.05) is 18.1 Å². The number of nitrogens with zero attached hydrogens (tertiary/aromatic N) is 2. The van der Waals surface area contributed by atoms with Crippen molar-refractivity contribution < 1.29 is 8.42 Å². The zero-order valence-electron chi connectivity index (χ0n) is 9.65. The molecule has 1 N–H and O–H groups in total. The fourth-order valence-electron chi connectivity index (χ4n) is 1.92.